The largest absolute Gasteiger partial charge is 0.497 e. The summed E-state index contributed by atoms with van der Waals surface area (Å²) in [4.78, 5) is 22.1. The summed E-state index contributed by atoms with van der Waals surface area (Å²) in [5.74, 6) is -1.84. The Labute approximate surface area is 115 Å². The first kappa shape index (κ1) is 13.6. The molecule has 2 rings (SSSR count). The predicted octanol–water partition coefficient (Wildman–Crippen LogP) is 2.76. The Bertz CT molecular complexity index is 658. The highest BCUT2D eigenvalue weighted by molar-refractivity contribution is 6.02. The topological polar surface area (TPSA) is 83.8 Å². The summed E-state index contributed by atoms with van der Waals surface area (Å²) < 4.78 is 5.05. The smallest absolute Gasteiger partial charge is 0.336 e. The first-order chi connectivity index (χ1) is 9.52. The second kappa shape index (κ2) is 5.44. The summed E-state index contributed by atoms with van der Waals surface area (Å²) in [6, 6.07) is 11.3. The lowest BCUT2D eigenvalue weighted by Gasteiger charge is -2.07. The average Bonchev–Trinajstić information content (AvgIpc) is 2.46. The molecule has 0 unspecified atom stereocenters. The Morgan fingerprint density at radius 3 is 1.90 bits per heavy atom. The molecule has 0 spiro atoms. The maximum atomic E-state index is 11.1. The van der Waals surface area contributed by atoms with E-state index in [2.05, 4.69) is 0 Å². The fourth-order valence-corrected chi connectivity index (χ4v) is 1.87. The van der Waals surface area contributed by atoms with Gasteiger partial charge in [-0.05, 0) is 35.4 Å². The van der Waals surface area contributed by atoms with Gasteiger partial charge in [-0.15, -0.1) is 0 Å². The molecule has 0 aliphatic rings. The molecule has 20 heavy (non-hydrogen) atoms. The minimum atomic E-state index is -1.27. The van der Waals surface area contributed by atoms with Gasteiger partial charge in [-0.1, -0.05) is 18.2 Å². The Kier molecular flexibility index (Phi) is 3.70. The first-order valence-electron chi connectivity index (χ1n) is 5.78. The number of carbonyl (C=O) groups is 2. The lowest BCUT2D eigenvalue weighted by molar-refractivity contribution is 0.0651. The van der Waals surface area contributed by atoms with E-state index in [1.54, 1.807) is 37.4 Å². The number of benzene rings is 2. The molecular formula is C15H12O5. The molecule has 2 N–H and O–H groups in total. The van der Waals surface area contributed by atoms with Crippen molar-refractivity contribution in [3.63, 3.8) is 0 Å². The number of aromatic carboxylic acids is 2. The molecule has 0 fully saturated rings. The van der Waals surface area contributed by atoms with Gasteiger partial charge in [0.2, 0.25) is 0 Å². The van der Waals surface area contributed by atoms with Crippen molar-refractivity contribution in [3.8, 4) is 16.9 Å². The van der Waals surface area contributed by atoms with Crippen LogP contribution in [-0.2, 0) is 0 Å². The minimum Gasteiger partial charge on any atom is -0.497 e. The number of hydrogen-bond acceptors (Lipinski definition) is 3. The highest BCUT2D eigenvalue weighted by atomic mass is 16.5. The van der Waals surface area contributed by atoms with E-state index < -0.39 is 11.9 Å². The Morgan fingerprint density at radius 1 is 0.850 bits per heavy atom. The third-order valence-electron chi connectivity index (χ3n) is 2.90. The van der Waals surface area contributed by atoms with E-state index in [0.29, 0.717) is 11.3 Å². The summed E-state index contributed by atoms with van der Waals surface area (Å²) in [6.45, 7) is 0. The molecule has 0 aliphatic carbocycles. The van der Waals surface area contributed by atoms with Crippen LogP contribution in [-0.4, -0.2) is 29.3 Å². The van der Waals surface area contributed by atoms with Crippen LogP contribution in [0.2, 0.25) is 0 Å². The third kappa shape index (κ3) is 2.61. The van der Waals surface area contributed by atoms with Crippen molar-refractivity contribution in [1.29, 1.82) is 0 Å². The van der Waals surface area contributed by atoms with Crippen LogP contribution < -0.4 is 4.74 Å². The van der Waals surface area contributed by atoms with Crippen molar-refractivity contribution in [2.24, 2.45) is 0 Å². The van der Waals surface area contributed by atoms with E-state index in [1.165, 1.54) is 12.1 Å². The molecule has 0 aromatic heterocycles. The van der Waals surface area contributed by atoms with Crippen LogP contribution in [0, 0.1) is 0 Å². The molecule has 0 aliphatic heterocycles. The van der Waals surface area contributed by atoms with Crippen LogP contribution in [0.15, 0.2) is 42.5 Å². The highest BCUT2D eigenvalue weighted by Gasteiger charge is 2.16. The van der Waals surface area contributed by atoms with Gasteiger partial charge in [0, 0.05) is 0 Å². The van der Waals surface area contributed by atoms with E-state index in [4.69, 9.17) is 14.9 Å². The van der Waals surface area contributed by atoms with Gasteiger partial charge in [0.15, 0.2) is 0 Å². The molecule has 0 atom stereocenters. The van der Waals surface area contributed by atoms with Crippen LogP contribution in [0.3, 0.4) is 0 Å². The molecule has 0 saturated carbocycles. The summed E-state index contributed by atoms with van der Waals surface area (Å²) in [5, 5.41) is 18.0. The third-order valence-corrected chi connectivity index (χ3v) is 2.90. The van der Waals surface area contributed by atoms with Crippen LogP contribution >= 0.6 is 0 Å². The molecule has 0 saturated heterocycles. The number of ether oxygens (including phenoxy) is 1. The van der Waals surface area contributed by atoms with E-state index in [1.807, 2.05) is 0 Å². The number of rotatable bonds is 4. The van der Waals surface area contributed by atoms with Gasteiger partial charge in [-0.2, -0.15) is 0 Å². The zero-order valence-electron chi connectivity index (χ0n) is 10.7. The summed E-state index contributed by atoms with van der Waals surface area (Å²) >= 11 is 0. The highest BCUT2D eigenvalue weighted by Crippen LogP contribution is 2.25. The van der Waals surface area contributed by atoms with Crippen LogP contribution in [0.1, 0.15) is 20.7 Å². The molecule has 2 aromatic rings. The number of hydrogen-bond donors (Lipinski definition) is 2. The lowest BCUT2D eigenvalue weighted by atomic mass is 9.99. The second-order valence-electron chi connectivity index (χ2n) is 4.10. The van der Waals surface area contributed by atoms with E-state index >= 15 is 0 Å². The summed E-state index contributed by atoms with van der Waals surface area (Å²) in [5.41, 5.74) is 0.959. The monoisotopic (exact) mass is 272 g/mol. The van der Waals surface area contributed by atoms with Crippen molar-refractivity contribution in [1.82, 2.24) is 0 Å². The Hall–Kier alpha value is -2.82. The molecule has 0 heterocycles. The molecule has 0 amide bonds. The summed E-state index contributed by atoms with van der Waals surface area (Å²) in [6.07, 6.45) is 0. The van der Waals surface area contributed by atoms with E-state index in [-0.39, 0.29) is 11.1 Å². The second-order valence-corrected chi connectivity index (χ2v) is 4.10. The van der Waals surface area contributed by atoms with Crippen LogP contribution in [0.25, 0.3) is 11.1 Å². The average molecular weight is 272 g/mol. The van der Waals surface area contributed by atoms with E-state index in [9.17, 15) is 9.59 Å². The van der Waals surface area contributed by atoms with Crippen molar-refractivity contribution >= 4 is 11.9 Å². The number of carboxylic acids is 2. The van der Waals surface area contributed by atoms with Gasteiger partial charge in [-0.3, -0.25) is 0 Å². The van der Waals surface area contributed by atoms with Gasteiger partial charge < -0.3 is 14.9 Å². The predicted molar refractivity (Wildman–Crippen MR) is 72.3 cm³/mol. The molecule has 0 radical (unpaired) electrons. The molecule has 0 bridgehead atoms. The Balaban J connectivity index is 2.49. The summed E-state index contributed by atoms with van der Waals surface area (Å²) in [7, 11) is 1.55. The molecular weight excluding hydrogens is 260 g/mol. The number of carboxylic acid groups (broad SMARTS) is 2. The lowest BCUT2D eigenvalue weighted by Crippen LogP contribution is -2.07. The quantitative estimate of drug-likeness (QED) is 0.894. The Morgan fingerprint density at radius 2 is 1.40 bits per heavy atom. The van der Waals surface area contributed by atoms with Crippen molar-refractivity contribution in [2.75, 3.05) is 7.11 Å². The number of methoxy groups -OCH3 is 1. The van der Waals surface area contributed by atoms with Gasteiger partial charge in [0.1, 0.15) is 5.75 Å². The molecule has 102 valence electrons. The standard InChI is InChI=1S/C15H12O5/c1-20-11-5-2-9(3-6-11)10-4-7-12(14(16)17)13(8-10)15(18)19/h2-8H,1H3,(H,16,17)(H,18,19). The minimum absolute atomic E-state index is 0.227. The maximum absolute atomic E-state index is 11.1. The fraction of sp³-hybridized carbons (Fsp3) is 0.0667. The SMILES string of the molecule is COc1ccc(-c2ccc(C(=O)O)c(C(=O)O)c2)cc1. The molecule has 5 nitrogen and oxygen atoms in total. The zero-order valence-corrected chi connectivity index (χ0v) is 10.7. The van der Waals surface area contributed by atoms with Gasteiger partial charge in [-0.25, -0.2) is 9.59 Å². The normalized spacial score (nSPS) is 10.1. The first-order valence-corrected chi connectivity index (χ1v) is 5.78. The van der Waals surface area contributed by atoms with Gasteiger partial charge in [0.05, 0.1) is 18.2 Å². The van der Waals surface area contributed by atoms with Gasteiger partial charge >= 0.3 is 11.9 Å². The van der Waals surface area contributed by atoms with Crippen LogP contribution in [0.4, 0.5) is 0 Å². The fourth-order valence-electron chi connectivity index (χ4n) is 1.87. The molecule has 2 aromatic carbocycles. The maximum Gasteiger partial charge on any atom is 0.336 e. The van der Waals surface area contributed by atoms with Gasteiger partial charge in [0.25, 0.3) is 0 Å². The van der Waals surface area contributed by atoms with Crippen LogP contribution in [0.5, 0.6) is 5.75 Å². The zero-order chi connectivity index (χ0) is 14.7. The molecule has 5 heteroatoms. The van der Waals surface area contributed by atoms with Crippen molar-refractivity contribution in [2.45, 2.75) is 0 Å². The van der Waals surface area contributed by atoms with Crippen molar-refractivity contribution in [3.05, 3.63) is 53.6 Å². The van der Waals surface area contributed by atoms with E-state index in [0.717, 1.165) is 5.56 Å². The van der Waals surface area contributed by atoms with Crippen molar-refractivity contribution < 1.29 is 24.5 Å².